The standard InChI is InChI=1S/C20H21N3O5/c1-27-15-7-8-16(20(21)26)17(11-15)28-12-18(24)22-13-4-2-5-14(10-13)23-9-3-6-19(23)25/h2,4-5,7-8,10-11H,3,6,9,12H2,1H3,(H2,21,26)(H,22,24). The van der Waals surface area contributed by atoms with Gasteiger partial charge in [-0.2, -0.15) is 0 Å². The summed E-state index contributed by atoms with van der Waals surface area (Å²) in [7, 11) is 1.48. The second-order valence-electron chi connectivity index (χ2n) is 6.26. The summed E-state index contributed by atoms with van der Waals surface area (Å²) >= 11 is 0. The van der Waals surface area contributed by atoms with E-state index in [2.05, 4.69) is 5.32 Å². The molecule has 3 rings (SSSR count). The maximum absolute atomic E-state index is 12.3. The number of primary amides is 1. The number of hydrogen-bond acceptors (Lipinski definition) is 5. The predicted octanol–water partition coefficient (Wildman–Crippen LogP) is 1.94. The number of methoxy groups -OCH3 is 1. The molecule has 1 heterocycles. The van der Waals surface area contributed by atoms with Gasteiger partial charge in [0.05, 0.1) is 12.7 Å². The molecule has 0 aromatic heterocycles. The number of nitrogens with two attached hydrogens (primary N) is 1. The van der Waals surface area contributed by atoms with E-state index >= 15 is 0 Å². The lowest BCUT2D eigenvalue weighted by atomic mass is 10.2. The smallest absolute Gasteiger partial charge is 0.262 e. The average molecular weight is 383 g/mol. The summed E-state index contributed by atoms with van der Waals surface area (Å²) in [5.74, 6) is -0.366. The molecule has 0 spiro atoms. The average Bonchev–Trinajstić information content (AvgIpc) is 3.12. The molecule has 8 heteroatoms. The molecular weight excluding hydrogens is 362 g/mol. The molecule has 0 bridgehead atoms. The number of carbonyl (C=O) groups excluding carboxylic acids is 3. The third kappa shape index (κ3) is 4.40. The van der Waals surface area contributed by atoms with Gasteiger partial charge in [0.2, 0.25) is 5.91 Å². The third-order valence-corrected chi connectivity index (χ3v) is 4.33. The van der Waals surface area contributed by atoms with Crippen LogP contribution in [0.4, 0.5) is 11.4 Å². The molecule has 3 N–H and O–H groups in total. The SMILES string of the molecule is COc1ccc(C(N)=O)c(OCC(=O)Nc2cccc(N3CCCC3=O)c2)c1. The zero-order chi connectivity index (χ0) is 20.1. The number of carbonyl (C=O) groups is 3. The minimum absolute atomic E-state index is 0.0730. The van der Waals surface area contributed by atoms with E-state index < -0.39 is 11.8 Å². The van der Waals surface area contributed by atoms with Gasteiger partial charge in [-0.15, -0.1) is 0 Å². The summed E-state index contributed by atoms with van der Waals surface area (Å²) in [4.78, 5) is 37.3. The van der Waals surface area contributed by atoms with Gasteiger partial charge in [0.15, 0.2) is 6.61 Å². The lowest BCUT2D eigenvalue weighted by Crippen LogP contribution is -2.24. The van der Waals surface area contributed by atoms with Crippen LogP contribution in [0, 0.1) is 0 Å². The van der Waals surface area contributed by atoms with Crippen LogP contribution in [0.15, 0.2) is 42.5 Å². The quantitative estimate of drug-likeness (QED) is 0.759. The van der Waals surface area contributed by atoms with E-state index in [1.165, 1.54) is 19.2 Å². The molecule has 0 atom stereocenters. The van der Waals surface area contributed by atoms with Crippen molar-refractivity contribution < 1.29 is 23.9 Å². The highest BCUT2D eigenvalue weighted by molar-refractivity contribution is 5.98. The van der Waals surface area contributed by atoms with Crippen molar-refractivity contribution in [3.63, 3.8) is 0 Å². The maximum Gasteiger partial charge on any atom is 0.262 e. The molecule has 28 heavy (non-hydrogen) atoms. The van der Waals surface area contributed by atoms with Crippen LogP contribution >= 0.6 is 0 Å². The number of amides is 3. The Labute approximate surface area is 162 Å². The van der Waals surface area contributed by atoms with Crippen LogP contribution in [0.25, 0.3) is 0 Å². The molecule has 0 unspecified atom stereocenters. The zero-order valence-electron chi connectivity index (χ0n) is 15.4. The van der Waals surface area contributed by atoms with Crippen LogP contribution in [-0.2, 0) is 9.59 Å². The van der Waals surface area contributed by atoms with Crippen LogP contribution in [0.1, 0.15) is 23.2 Å². The van der Waals surface area contributed by atoms with Gasteiger partial charge in [0.1, 0.15) is 11.5 Å². The lowest BCUT2D eigenvalue weighted by molar-refractivity contribution is -0.118. The van der Waals surface area contributed by atoms with E-state index in [0.29, 0.717) is 24.4 Å². The molecule has 1 saturated heterocycles. The van der Waals surface area contributed by atoms with Crippen molar-refractivity contribution in [3.8, 4) is 11.5 Å². The fraction of sp³-hybridized carbons (Fsp3) is 0.250. The topological polar surface area (TPSA) is 111 Å². The number of nitrogens with one attached hydrogen (secondary N) is 1. The highest BCUT2D eigenvalue weighted by atomic mass is 16.5. The fourth-order valence-electron chi connectivity index (χ4n) is 2.97. The van der Waals surface area contributed by atoms with Gasteiger partial charge in [-0.1, -0.05) is 6.07 Å². The van der Waals surface area contributed by atoms with E-state index in [-0.39, 0.29) is 23.8 Å². The normalized spacial score (nSPS) is 13.3. The summed E-state index contributed by atoms with van der Waals surface area (Å²) in [5, 5.41) is 2.72. The molecule has 0 aliphatic carbocycles. The highest BCUT2D eigenvalue weighted by Crippen LogP contribution is 2.26. The number of anilines is 2. The van der Waals surface area contributed by atoms with Crippen LogP contribution in [0.5, 0.6) is 11.5 Å². The molecule has 1 aliphatic rings. The van der Waals surface area contributed by atoms with Crippen molar-refractivity contribution in [2.24, 2.45) is 5.73 Å². The predicted molar refractivity (Wildman–Crippen MR) is 104 cm³/mol. The molecular formula is C20H21N3O5. The number of nitrogens with zero attached hydrogens (tertiary/aromatic N) is 1. The number of ether oxygens (including phenoxy) is 2. The minimum Gasteiger partial charge on any atom is -0.497 e. The highest BCUT2D eigenvalue weighted by Gasteiger charge is 2.22. The van der Waals surface area contributed by atoms with Crippen molar-refractivity contribution in [2.45, 2.75) is 12.8 Å². The number of benzene rings is 2. The van der Waals surface area contributed by atoms with Crippen LogP contribution < -0.4 is 25.4 Å². The second-order valence-corrected chi connectivity index (χ2v) is 6.26. The lowest BCUT2D eigenvalue weighted by Gasteiger charge is -2.17. The Morgan fingerprint density at radius 3 is 2.71 bits per heavy atom. The van der Waals surface area contributed by atoms with Crippen molar-refractivity contribution in [2.75, 3.05) is 30.5 Å². The summed E-state index contributed by atoms with van der Waals surface area (Å²) in [5.41, 5.74) is 6.78. The molecule has 2 aromatic carbocycles. The van der Waals surface area contributed by atoms with Crippen LogP contribution in [0.2, 0.25) is 0 Å². The first kappa shape index (κ1) is 19.2. The first-order valence-corrected chi connectivity index (χ1v) is 8.79. The zero-order valence-corrected chi connectivity index (χ0v) is 15.4. The third-order valence-electron chi connectivity index (χ3n) is 4.33. The van der Waals surface area contributed by atoms with Gasteiger partial charge in [0.25, 0.3) is 11.8 Å². The monoisotopic (exact) mass is 383 g/mol. The summed E-state index contributed by atoms with van der Waals surface area (Å²) in [6.45, 7) is 0.353. The molecule has 146 valence electrons. The molecule has 0 saturated carbocycles. The Morgan fingerprint density at radius 1 is 1.21 bits per heavy atom. The van der Waals surface area contributed by atoms with Gasteiger partial charge in [-0.05, 0) is 36.8 Å². The van der Waals surface area contributed by atoms with Crippen molar-refractivity contribution in [1.29, 1.82) is 0 Å². The molecule has 8 nitrogen and oxygen atoms in total. The van der Waals surface area contributed by atoms with Crippen LogP contribution in [0.3, 0.4) is 0 Å². The summed E-state index contributed by atoms with van der Waals surface area (Å²) < 4.78 is 10.6. The van der Waals surface area contributed by atoms with E-state index in [1.54, 1.807) is 29.2 Å². The summed E-state index contributed by atoms with van der Waals surface area (Å²) in [6.07, 6.45) is 1.36. The van der Waals surface area contributed by atoms with Crippen molar-refractivity contribution >= 4 is 29.1 Å². The molecule has 1 fully saturated rings. The first-order valence-electron chi connectivity index (χ1n) is 8.79. The number of rotatable bonds is 7. The Kier molecular flexibility index (Phi) is 5.78. The fourth-order valence-corrected chi connectivity index (χ4v) is 2.97. The molecule has 3 amide bonds. The second kappa shape index (κ2) is 8.43. The molecule has 0 radical (unpaired) electrons. The number of hydrogen-bond donors (Lipinski definition) is 2. The van der Waals surface area contributed by atoms with Crippen molar-refractivity contribution in [1.82, 2.24) is 0 Å². The van der Waals surface area contributed by atoms with Crippen molar-refractivity contribution in [3.05, 3.63) is 48.0 Å². The van der Waals surface area contributed by atoms with E-state index in [0.717, 1.165) is 12.1 Å². The first-order chi connectivity index (χ1) is 13.5. The van der Waals surface area contributed by atoms with Gasteiger partial charge in [-0.25, -0.2) is 0 Å². The Hall–Kier alpha value is -3.55. The molecule has 2 aromatic rings. The Bertz CT molecular complexity index is 912. The maximum atomic E-state index is 12.3. The van der Waals surface area contributed by atoms with E-state index in [4.69, 9.17) is 15.2 Å². The van der Waals surface area contributed by atoms with E-state index in [9.17, 15) is 14.4 Å². The van der Waals surface area contributed by atoms with Crippen LogP contribution in [-0.4, -0.2) is 38.0 Å². The van der Waals surface area contributed by atoms with E-state index in [1.807, 2.05) is 6.07 Å². The Balaban J connectivity index is 1.65. The van der Waals surface area contributed by atoms with Gasteiger partial charge < -0.3 is 25.4 Å². The minimum atomic E-state index is -0.666. The largest absolute Gasteiger partial charge is 0.497 e. The van der Waals surface area contributed by atoms with Gasteiger partial charge in [0, 0.05) is 30.4 Å². The Morgan fingerprint density at radius 2 is 2.04 bits per heavy atom. The molecule has 1 aliphatic heterocycles. The summed E-state index contributed by atoms with van der Waals surface area (Å²) in [6, 6.07) is 11.6. The van der Waals surface area contributed by atoms with Gasteiger partial charge >= 0.3 is 0 Å². The van der Waals surface area contributed by atoms with Gasteiger partial charge in [-0.3, -0.25) is 14.4 Å².